The summed E-state index contributed by atoms with van der Waals surface area (Å²) in [5.74, 6) is 0.684. The Morgan fingerprint density at radius 3 is 2.48 bits per heavy atom. The van der Waals surface area contributed by atoms with Crippen molar-refractivity contribution >= 4 is 17.5 Å². The summed E-state index contributed by atoms with van der Waals surface area (Å²) in [6.45, 7) is 9.31. The third kappa shape index (κ3) is 3.72. The van der Waals surface area contributed by atoms with Crippen LogP contribution >= 0.6 is 0 Å². The summed E-state index contributed by atoms with van der Waals surface area (Å²) in [5, 5.41) is 2.70. The fourth-order valence-electron chi connectivity index (χ4n) is 2.96. The third-order valence-electron chi connectivity index (χ3n) is 3.76. The van der Waals surface area contributed by atoms with Crippen molar-refractivity contribution in [3.05, 3.63) is 42.5 Å². The van der Waals surface area contributed by atoms with Crippen LogP contribution in [0.1, 0.15) is 30.6 Å². The summed E-state index contributed by atoms with van der Waals surface area (Å²) in [6, 6.07) is 7.11. The monoisotopic (exact) mass is 286 g/mol. The van der Waals surface area contributed by atoms with Crippen LogP contribution in [0.5, 0.6) is 0 Å². The number of anilines is 1. The van der Waals surface area contributed by atoms with Gasteiger partial charge in [-0.1, -0.05) is 32.6 Å². The molecule has 0 aromatic heterocycles. The van der Waals surface area contributed by atoms with Crippen molar-refractivity contribution in [2.45, 2.75) is 20.3 Å². The van der Waals surface area contributed by atoms with Crippen LogP contribution in [-0.4, -0.2) is 29.8 Å². The molecule has 1 fully saturated rings. The van der Waals surface area contributed by atoms with Crippen LogP contribution < -0.4 is 5.32 Å². The Morgan fingerprint density at radius 2 is 1.86 bits per heavy atom. The van der Waals surface area contributed by atoms with Crippen molar-refractivity contribution < 1.29 is 9.59 Å². The largest absolute Gasteiger partial charge is 0.338 e. The number of hydrogen-bond acceptors (Lipinski definition) is 2. The maximum atomic E-state index is 12.7. The molecule has 2 amide bonds. The van der Waals surface area contributed by atoms with Gasteiger partial charge in [-0.15, -0.1) is 0 Å². The van der Waals surface area contributed by atoms with Crippen molar-refractivity contribution in [1.82, 2.24) is 4.90 Å². The van der Waals surface area contributed by atoms with Gasteiger partial charge >= 0.3 is 0 Å². The second-order valence-corrected chi connectivity index (χ2v) is 5.90. The van der Waals surface area contributed by atoms with Gasteiger partial charge in [-0.2, -0.15) is 0 Å². The van der Waals surface area contributed by atoms with E-state index in [1.54, 1.807) is 18.2 Å². The summed E-state index contributed by atoms with van der Waals surface area (Å²) >= 11 is 0. The lowest BCUT2D eigenvalue weighted by molar-refractivity contribution is -0.111. The minimum absolute atomic E-state index is 0.0200. The Kier molecular flexibility index (Phi) is 4.78. The van der Waals surface area contributed by atoms with Gasteiger partial charge in [-0.25, -0.2) is 0 Å². The second kappa shape index (κ2) is 6.57. The van der Waals surface area contributed by atoms with Gasteiger partial charge < -0.3 is 10.2 Å². The number of nitrogens with one attached hydrogen (secondary N) is 1. The molecule has 4 nitrogen and oxygen atoms in total. The van der Waals surface area contributed by atoms with Crippen molar-refractivity contribution in [2.24, 2.45) is 11.8 Å². The molecular weight excluding hydrogens is 264 g/mol. The third-order valence-corrected chi connectivity index (χ3v) is 3.76. The van der Waals surface area contributed by atoms with Crippen LogP contribution in [0.3, 0.4) is 0 Å². The van der Waals surface area contributed by atoms with Gasteiger partial charge in [0, 0.05) is 13.1 Å². The molecule has 0 bridgehead atoms. The van der Waals surface area contributed by atoms with Gasteiger partial charge in [0.1, 0.15) is 0 Å². The van der Waals surface area contributed by atoms with Crippen molar-refractivity contribution in [2.75, 3.05) is 18.4 Å². The molecule has 112 valence electrons. The van der Waals surface area contributed by atoms with Crippen LogP contribution in [0.2, 0.25) is 0 Å². The molecule has 4 heteroatoms. The van der Waals surface area contributed by atoms with Crippen LogP contribution in [-0.2, 0) is 4.79 Å². The number of carbonyl (C=O) groups excluding carboxylic acids is 2. The smallest absolute Gasteiger partial charge is 0.255 e. The number of hydrogen-bond donors (Lipinski definition) is 1. The summed E-state index contributed by atoms with van der Waals surface area (Å²) in [4.78, 5) is 26.1. The molecule has 0 radical (unpaired) electrons. The molecule has 0 aliphatic carbocycles. The SMILES string of the molecule is C=CC(=O)Nc1ccccc1C(=O)N1CC(C)CC(C)C1. The lowest BCUT2D eigenvalue weighted by Gasteiger charge is -2.35. The van der Waals surface area contributed by atoms with E-state index in [0.29, 0.717) is 23.1 Å². The summed E-state index contributed by atoms with van der Waals surface area (Å²) in [5.41, 5.74) is 1.08. The van der Waals surface area contributed by atoms with E-state index in [2.05, 4.69) is 25.7 Å². The number of amides is 2. The van der Waals surface area contributed by atoms with Crippen LogP contribution in [0, 0.1) is 11.8 Å². The standard InChI is InChI=1S/C17H22N2O2/c1-4-16(20)18-15-8-6-5-7-14(15)17(21)19-10-12(2)9-13(3)11-19/h4-8,12-13H,1,9-11H2,2-3H3,(H,18,20). The topological polar surface area (TPSA) is 49.4 Å². The highest BCUT2D eigenvalue weighted by atomic mass is 16.2. The normalized spacial score (nSPS) is 21.7. The first-order valence-corrected chi connectivity index (χ1v) is 7.33. The first kappa shape index (κ1) is 15.3. The lowest BCUT2D eigenvalue weighted by Crippen LogP contribution is -2.42. The molecule has 1 saturated heterocycles. The molecule has 1 N–H and O–H groups in total. The van der Waals surface area contributed by atoms with E-state index in [1.165, 1.54) is 6.08 Å². The van der Waals surface area contributed by atoms with E-state index < -0.39 is 0 Å². The van der Waals surface area contributed by atoms with E-state index in [0.717, 1.165) is 19.5 Å². The molecule has 21 heavy (non-hydrogen) atoms. The number of likely N-dealkylation sites (tertiary alicyclic amines) is 1. The fraction of sp³-hybridized carbons (Fsp3) is 0.412. The molecule has 2 atom stereocenters. The van der Waals surface area contributed by atoms with Crippen LogP contribution in [0.25, 0.3) is 0 Å². The zero-order valence-electron chi connectivity index (χ0n) is 12.6. The van der Waals surface area contributed by atoms with Gasteiger partial charge in [-0.05, 0) is 36.5 Å². The zero-order chi connectivity index (χ0) is 15.4. The van der Waals surface area contributed by atoms with Crippen molar-refractivity contribution in [1.29, 1.82) is 0 Å². The fourth-order valence-corrected chi connectivity index (χ4v) is 2.96. The molecular formula is C17H22N2O2. The summed E-state index contributed by atoms with van der Waals surface area (Å²) in [7, 11) is 0. The average molecular weight is 286 g/mol. The van der Waals surface area contributed by atoms with Gasteiger partial charge in [0.25, 0.3) is 5.91 Å². The zero-order valence-corrected chi connectivity index (χ0v) is 12.6. The minimum atomic E-state index is -0.310. The molecule has 0 spiro atoms. The van der Waals surface area contributed by atoms with E-state index in [-0.39, 0.29) is 11.8 Å². The predicted octanol–water partition coefficient (Wildman–Crippen LogP) is 2.93. The van der Waals surface area contributed by atoms with Crippen LogP contribution in [0.15, 0.2) is 36.9 Å². The predicted molar refractivity (Wildman–Crippen MR) is 84.1 cm³/mol. The quantitative estimate of drug-likeness (QED) is 0.869. The lowest BCUT2D eigenvalue weighted by atomic mass is 9.91. The Morgan fingerprint density at radius 1 is 1.24 bits per heavy atom. The molecule has 1 aliphatic rings. The van der Waals surface area contributed by atoms with E-state index in [9.17, 15) is 9.59 Å². The van der Waals surface area contributed by atoms with Gasteiger partial charge in [-0.3, -0.25) is 9.59 Å². The van der Waals surface area contributed by atoms with Crippen LogP contribution in [0.4, 0.5) is 5.69 Å². The maximum absolute atomic E-state index is 12.7. The van der Waals surface area contributed by atoms with E-state index >= 15 is 0 Å². The van der Waals surface area contributed by atoms with E-state index in [1.807, 2.05) is 11.0 Å². The molecule has 1 aromatic rings. The Bertz CT molecular complexity index is 543. The maximum Gasteiger partial charge on any atom is 0.255 e. The summed E-state index contributed by atoms with van der Waals surface area (Å²) in [6.07, 6.45) is 2.35. The number of para-hydroxylation sites is 1. The number of carbonyl (C=O) groups is 2. The first-order valence-electron chi connectivity index (χ1n) is 7.33. The number of rotatable bonds is 3. The summed E-state index contributed by atoms with van der Waals surface area (Å²) < 4.78 is 0. The molecule has 0 saturated carbocycles. The Labute approximate surface area is 125 Å². The van der Waals surface area contributed by atoms with Crippen molar-refractivity contribution in [3.63, 3.8) is 0 Å². The van der Waals surface area contributed by atoms with Gasteiger partial charge in [0.2, 0.25) is 5.91 Å². The minimum Gasteiger partial charge on any atom is -0.338 e. The Balaban J connectivity index is 2.22. The highest BCUT2D eigenvalue weighted by Crippen LogP contribution is 2.24. The first-order chi connectivity index (χ1) is 10.0. The average Bonchev–Trinajstić information content (AvgIpc) is 2.46. The van der Waals surface area contributed by atoms with Gasteiger partial charge in [0.15, 0.2) is 0 Å². The molecule has 2 rings (SSSR count). The molecule has 1 aliphatic heterocycles. The Hall–Kier alpha value is -2.10. The highest BCUT2D eigenvalue weighted by molar-refractivity contribution is 6.06. The molecule has 1 aromatic carbocycles. The number of benzene rings is 1. The van der Waals surface area contributed by atoms with Crippen molar-refractivity contribution in [3.8, 4) is 0 Å². The molecule has 2 unspecified atom stereocenters. The molecule has 1 heterocycles. The van der Waals surface area contributed by atoms with Gasteiger partial charge in [0.05, 0.1) is 11.3 Å². The number of piperidine rings is 1. The highest BCUT2D eigenvalue weighted by Gasteiger charge is 2.27. The number of nitrogens with zero attached hydrogens (tertiary/aromatic N) is 1. The second-order valence-electron chi connectivity index (χ2n) is 5.90. The van der Waals surface area contributed by atoms with E-state index in [4.69, 9.17) is 0 Å².